The van der Waals surface area contributed by atoms with Gasteiger partial charge in [-0.2, -0.15) is 5.26 Å². The zero-order valence-electron chi connectivity index (χ0n) is 8.18. The molecule has 0 aliphatic heterocycles. The van der Waals surface area contributed by atoms with Crippen molar-refractivity contribution in [2.24, 2.45) is 0 Å². The van der Waals surface area contributed by atoms with E-state index >= 15 is 0 Å². The first kappa shape index (κ1) is 9.97. The highest BCUT2D eigenvalue weighted by Crippen LogP contribution is 2.47. The SMILES string of the molecule is CCc1cc(C2(C#N)CC2)ccc1I. The van der Waals surface area contributed by atoms with E-state index in [1.54, 1.807) is 0 Å². The first-order valence-electron chi connectivity index (χ1n) is 4.92. The maximum atomic E-state index is 9.09. The average Bonchev–Trinajstić information content (AvgIpc) is 2.99. The molecular weight excluding hydrogens is 285 g/mol. The topological polar surface area (TPSA) is 23.8 Å². The second-order valence-corrected chi connectivity index (χ2v) is 5.02. The van der Waals surface area contributed by atoms with Crippen molar-refractivity contribution in [1.82, 2.24) is 0 Å². The monoisotopic (exact) mass is 297 g/mol. The molecule has 1 aromatic carbocycles. The van der Waals surface area contributed by atoms with Crippen LogP contribution in [0.15, 0.2) is 18.2 Å². The first-order valence-corrected chi connectivity index (χ1v) is 6.00. The molecule has 1 aliphatic rings. The highest BCUT2D eigenvalue weighted by atomic mass is 127. The van der Waals surface area contributed by atoms with Crippen LogP contribution in [-0.2, 0) is 11.8 Å². The van der Waals surface area contributed by atoms with Gasteiger partial charge in [0.1, 0.15) is 0 Å². The number of hydrogen-bond acceptors (Lipinski definition) is 1. The standard InChI is InChI=1S/C12H12IN/c1-2-9-7-10(3-4-11(9)13)12(8-14)5-6-12/h3-4,7H,2,5-6H2,1H3. The van der Waals surface area contributed by atoms with Gasteiger partial charge in [0.25, 0.3) is 0 Å². The molecule has 1 fully saturated rings. The predicted octanol–water partition coefficient (Wildman–Crippen LogP) is 3.41. The fourth-order valence-electron chi connectivity index (χ4n) is 1.73. The Morgan fingerprint density at radius 3 is 2.71 bits per heavy atom. The third-order valence-electron chi connectivity index (χ3n) is 2.94. The molecule has 0 heterocycles. The van der Waals surface area contributed by atoms with Gasteiger partial charge < -0.3 is 0 Å². The van der Waals surface area contributed by atoms with Crippen LogP contribution in [0.1, 0.15) is 30.9 Å². The molecule has 1 aromatic rings. The van der Waals surface area contributed by atoms with Crippen molar-refractivity contribution in [1.29, 1.82) is 5.26 Å². The lowest BCUT2D eigenvalue weighted by Gasteiger charge is -2.09. The second-order valence-electron chi connectivity index (χ2n) is 3.85. The highest BCUT2D eigenvalue weighted by molar-refractivity contribution is 14.1. The Kier molecular flexibility index (Phi) is 2.52. The Balaban J connectivity index is 2.42. The van der Waals surface area contributed by atoms with Crippen LogP contribution in [0.2, 0.25) is 0 Å². The largest absolute Gasteiger partial charge is 0.197 e. The molecule has 2 heteroatoms. The molecule has 0 atom stereocenters. The molecule has 0 unspecified atom stereocenters. The molecule has 1 aliphatic carbocycles. The Labute approximate surface area is 98.3 Å². The summed E-state index contributed by atoms with van der Waals surface area (Å²) in [4.78, 5) is 0. The minimum Gasteiger partial charge on any atom is -0.197 e. The van der Waals surface area contributed by atoms with E-state index in [-0.39, 0.29) is 5.41 Å². The lowest BCUT2D eigenvalue weighted by atomic mass is 9.95. The van der Waals surface area contributed by atoms with Crippen molar-refractivity contribution in [3.8, 4) is 6.07 Å². The molecule has 0 aromatic heterocycles. The molecule has 0 saturated heterocycles. The van der Waals surface area contributed by atoms with Gasteiger partial charge in [-0.05, 0) is 59.0 Å². The zero-order chi connectivity index (χ0) is 10.2. The van der Waals surface area contributed by atoms with Gasteiger partial charge in [0.2, 0.25) is 0 Å². The summed E-state index contributed by atoms with van der Waals surface area (Å²) >= 11 is 2.35. The Bertz CT molecular complexity index is 399. The van der Waals surface area contributed by atoms with Gasteiger partial charge in [0, 0.05) is 3.57 Å². The first-order chi connectivity index (χ1) is 6.72. The van der Waals surface area contributed by atoms with Crippen LogP contribution in [0, 0.1) is 14.9 Å². The number of benzene rings is 1. The number of hydrogen-bond donors (Lipinski definition) is 0. The minimum absolute atomic E-state index is 0.131. The van der Waals surface area contributed by atoms with Gasteiger partial charge in [-0.1, -0.05) is 19.1 Å². The van der Waals surface area contributed by atoms with Gasteiger partial charge in [-0.25, -0.2) is 0 Å². The van der Waals surface area contributed by atoms with Gasteiger partial charge in [0.05, 0.1) is 11.5 Å². The van der Waals surface area contributed by atoms with Gasteiger partial charge in [-0.3, -0.25) is 0 Å². The predicted molar refractivity (Wildman–Crippen MR) is 65.1 cm³/mol. The molecule has 72 valence electrons. The quantitative estimate of drug-likeness (QED) is 0.767. The summed E-state index contributed by atoms with van der Waals surface area (Å²) in [6.45, 7) is 2.16. The smallest absolute Gasteiger partial charge is 0.0823 e. The van der Waals surface area contributed by atoms with E-state index in [9.17, 15) is 0 Å². The number of halogens is 1. The van der Waals surface area contributed by atoms with Crippen LogP contribution in [0.25, 0.3) is 0 Å². The fourth-order valence-corrected chi connectivity index (χ4v) is 2.45. The number of rotatable bonds is 2. The van der Waals surface area contributed by atoms with Gasteiger partial charge in [0.15, 0.2) is 0 Å². The van der Waals surface area contributed by atoms with E-state index < -0.39 is 0 Å². The van der Waals surface area contributed by atoms with Crippen LogP contribution in [0.5, 0.6) is 0 Å². The van der Waals surface area contributed by atoms with E-state index in [0.29, 0.717) is 0 Å². The molecule has 2 rings (SSSR count). The highest BCUT2D eigenvalue weighted by Gasteiger charge is 2.44. The van der Waals surface area contributed by atoms with Crippen molar-refractivity contribution in [3.63, 3.8) is 0 Å². The summed E-state index contributed by atoms with van der Waals surface area (Å²) in [5.74, 6) is 0. The van der Waals surface area contributed by atoms with E-state index in [4.69, 9.17) is 5.26 Å². The molecule has 0 radical (unpaired) electrons. The van der Waals surface area contributed by atoms with Crippen molar-refractivity contribution in [2.75, 3.05) is 0 Å². The third-order valence-corrected chi connectivity index (χ3v) is 4.00. The minimum atomic E-state index is -0.131. The van der Waals surface area contributed by atoms with Crippen LogP contribution >= 0.6 is 22.6 Å². The molecule has 0 bridgehead atoms. The summed E-state index contributed by atoms with van der Waals surface area (Å²) < 4.78 is 1.31. The number of aryl methyl sites for hydroxylation is 1. The maximum absolute atomic E-state index is 9.09. The molecule has 1 saturated carbocycles. The van der Waals surface area contributed by atoms with Crippen LogP contribution < -0.4 is 0 Å². The molecule has 0 N–H and O–H groups in total. The van der Waals surface area contributed by atoms with E-state index in [1.807, 2.05) is 0 Å². The van der Waals surface area contributed by atoms with Crippen LogP contribution in [0.3, 0.4) is 0 Å². The zero-order valence-corrected chi connectivity index (χ0v) is 10.3. The van der Waals surface area contributed by atoms with Crippen molar-refractivity contribution in [2.45, 2.75) is 31.6 Å². The van der Waals surface area contributed by atoms with Crippen molar-refractivity contribution >= 4 is 22.6 Å². The Morgan fingerprint density at radius 2 is 2.21 bits per heavy atom. The van der Waals surface area contributed by atoms with Gasteiger partial charge in [-0.15, -0.1) is 0 Å². The van der Waals surface area contributed by atoms with Gasteiger partial charge >= 0.3 is 0 Å². The lowest BCUT2D eigenvalue weighted by molar-refractivity contribution is 0.901. The van der Waals surface area contributed by atoms with Crippen molar-refractivity contribution < 1.29 is 0 Å². The summed E-state index contributed by atoms with van der Waals surface area (Å²) in [5.41, 5.74) is 2.45. The summed E-state index contributed by atoms with van der Waals surface area (Å²) in [5, 5.41) is 9.09. The van der Waals surface area contributed by atoms with E-state index in [0.717, 1.165) is 19.3 Å². The molecule has 14 heavy (non-hydrogen) atoms. The average molecular weight is 297 g/mol. The van der Waals surface area contributed by atoms with E-state index in [1.165, 1.54) is 14.7 Å². The van der Waals surface area contributed by atoms with Crippen LogP contribution in [-0.4, -0.2) is 0 Å². The summed E-state index contributed by atoms with van der Waals surface area (Å²) in [6.07, 6.45) is 3.12. The Hall–Kier alpha value is -0.560. The summed E-state index contributed by atoms with van der Waals surface area (Å²) in [6, 6.07) is 8.88. The maximum Gasteiger partial charge on any atom is 0.0823 e. The van der Waals surface area contributed by atoms with Crippen molar-refractivity contribution in [3.05, 3.63) is 32.9 Å². The number of nitrogens with zero attached hydrogens (tertiary/aromatic N) is 1. The molecule has 1 nitrogen and oxygen atoms in total. The summed E-state index contributed by atoms with van der Waals surface area (Å²) in [7, 11) is 0. The van der Waals surface area contributed by atoms with E-state index in [2.05, 4.69) is 53.8 Å². The molecular formula is C12H12IN. The third kappa shape index (κ3) is 1.54. The molecule has 0 spiro atoms. The Morgan fingerprint density at radius 1 is 1.50 bits per heavy atom. The lowest BCUT2D eigenvalue weighted by Crippen LogP contribution is -2.03. The van der Waals surface area contributed by atoms with Crippen LogP contribution in [0.4, 0.5) is 0 Å². The molecule has 0 amide bonds. The second kappa shape index (κ2) is 3.54. The fraction of sp³-hybridized carbons (Fsp3) is 0.417. The normalized spacial score (nSPS) is 17.5. The number of nitriles is 1.